The minimum atomic E-state index is -0.0251. The Labute approximate surface area is 134 Å². The maximum atomic E-state index is 12.2. The van der Waals surface area contributed by atoms with Gasteiger partial charge in [-0.15, -0.1) is 0 Å². The predicted octanol–water partition coefficient (Wildman–Crippen LogP) is 3.65. The Hall–Kier alpha value is -0.840. The van der Waals surface area contributed by atoms with Gasteiger partial charge in [-0.1, -0.05) is 13.3 Å². The maximum absolute atomic E-state index is 12.2. The Balaban J connectivity index is 1.64. The van der Waals surface area contributed by atoms with Crippen LogP contribution in [0.3, 0.4) is 0 Å². The normalized spacial score (nSPS) is 18.2. The number of aryl methyl sites for hydroxylation is 1. The molecule has 0 radical (unpaired) electrons. The highest BCUT2D eigenvalue weighted by Crippen LogP contribution is 2.49. The van der Waals surface area contributed by atoms with Crippen LogP contribution in [0.4, 0.5) is 5.69 Å². The van der Waals surface area contributed by atoms with Gasteiger partial charge in [0, 0.05) is 13.1 Å². The van der Waals surface area contributed by atoms with Gasteiger partial charge in [0.2, 0.25) is 0 Å². The molecule has 3 rings (SSSR count). The number of nitrogens with zero attached hydrogens (tertiary/aromatic N) is 2. The molecule has 116 valence electrons. The van der Waals surface area contributed by atoms with Gasteiger partial charge in [0.25, 0.3) is 5.56 Å². The third-order valence-electron chi connectivity index (χ3n) is 4.69. The summed E-state index contributed by atoms with van der Waals surface area (Å²) in [5.74, 6) is 2.63. The lowest BCUT2D eigenvalue weighted by molar-refractivity contribution is 0.428. The molecule has 5 heteroatoms. The average molecular weight is 354 g/mol. The number of hydrogen-bond donors (Lipinski definition) is 1. The molecule has 0 saturated heterocycles. The van der Waals surface area contributed by atoms with E-state index in [4.69, 9.17) is 0 Å². The van der Waals surface area contributed by atoms with E-state index in [1.165, 1.54) is 25.7 Å². The average Bonchev–Trinajstić information content (AvgIpc) is 3.36. The first kappa shape index (κ1) is 15.1. The third-order valence-corrected chi connectivity index (χ3v) is 5.46. The molecule has 2 saturated carbocycles. The molecule has 0 spiro atoms. The Kier molecular flexibility index (Phi) is 4.67. The van der Waals surface area contributed by atoms with Crippen LogP contribution >= 0.6 is 15.9 Å². The Morgan fingerprint density at radius 3 is 2.62 bits per heavy atom. The van der Waals surface area contributed by atoms with Crippen molar-refractivity contribution < 1.29 is 0 Å². The van der Waals surface area contributed by atoms with E-state index in [9.17, 15) is 4.79 Å². The van der Waals surface area contributed by atoms with Crippen LogP contribution in [0.15, 0.2) is 15.5 Å². The van der Waals surface area contributed by atoms with Crippen LogP contribution in [0.2, 0.25) is 0 Å². The third kappa shape index (κ3) is 3.68. The zero-order valence-corrected chi connectivity index (χ0v) is 14.2. The fourth-order valence-electron chi connectivity index (χ4n) is 3.05. The Morgan fingerprint density at radius 1 is 1.38 bits per heavy atom. The van der Waals surface area contributed by atoms with Gasteiger partial charge in [0.05, 0.1) is 11.9 Å². The van der Waals surface area contributed by atoms with E-state index in [1.54, 1.807) is 10.9 Å². The van der Waals surface area contributed by atoms with Crippen molar-refractivity contribution >= 4 is 21.6 Å². The van der Waals surface area contributed by atoms with Crippen molar-refractivity contribution in [2.75, 3.05) is 11.9 Å². The van der Waals surface area contributed by atoms with Gasteiger partial charge in [0.1, 0.15) is 4.47 Å². The highest BCUT2D eigenvalue weighted by Gasteiger charge is 2.41. The molecule has 0 bridgehead atoms. The highest BCUT2D eigenvalue weighted by atomic mass is 79.9. The van der Waals surface area contributed by atoms with E-state index in [0.29, 0.717) is 11.0 Å². The molecule has 0 atom stereocenters. The molecule has 1 N–H and O–H groups in total. The second-order valence-corrected chi connectivity index (χ2v) is 7.27. The van der Waals surface area contributed by atoms with E-state index < -0.39 is 0 Å². The van der Waals surface area contributed by atoms with Crippen LogP contribution in [0, 0.1) is 17.8 Å². The first-order chi connectivity index (χ1) is 10.2. The summed E-state index contributed by atoms with van der Waals surface area (Å²) in [6, 6.07) is 0. The molecule has 2 fully saturated rings. The molecule has 4 nitrogen and oxygen atoms in total. The van der Waals surface area contributed by atoms with Gasteiger partial charge in [-0.2, -0.15) is 5.10 Å². The highest BCUT2D eigenvalue weighted by molar-refractivity contribution is 9.10. The van der Waals surface area contributed by atoms with E-state index in [-0.39, 0.29) is 5.56 Å². The lowest BCUT2D eigenvalue weighted by atomic mass is 9.98. The first-order valence-electron chi connectivity index (χ1n) is 8.20. The summed E-state index contributed by atoms with van der Waals surface area (Å²) in [4.78, 5) is 12.2. The fraction of sp³-hybridized carbons (Fsp3) is 0.750. The summed E-state index contributed by atoms with van der Waals surface area (Å²) >= 11 is 3.44. The molecule has 0 aliphatic heterocycles. The van der Waals surface area contributed by atoms with Crippen molar-refractivity contribution in [2.45, 2.75) is 52.0 Å². The molecular formula is C16H24BrN3O. The molecule has 0 unspecified atom stereocenters. The summed E-state index contributed by atoms with van der Waals surface area (Å²) in [5.41, 5.74) is 0.821. The van der Waals surface area contributed by atoms with Crippen LogP contribution in [0.1, 0.15) is 45.4 Å². The molecule has 0 aromatic carbocycles. The van der Waals surface area contributed by atoms with Crippen molar-refractivity contribution in [2.24, 2.45) is 17.8 Å². The van der Waals surface area contributed by atoms with E-state index in [0.717, 1.165) is 42.8 Å². The monoisotopic (exact) mass is 353 g/mol. The summed E-state index contributed by atoms with van der Waals surface area (Å²) in [5, 5.41) is 7.74. The Bertz CT molecular complexity index is 537. The fourth-order valence-corrected chi connectivity index (χ4v) is 3.50. The van der Waals surface area contributed by atoms with E-state index in [2.05, 4.69) is 33.3 Å². The van der Waals surface area contributed by atoms with E-state index in [1.807, 2.05) is 0 Å². The number of unbranched alkanes of at least 4 members (excludes halogenated alkanes) is 1. The van der Waals surface area contributed by atoms with Gasteiger partial charge in [-0.3, -0.25) is 4.79 Å². The van der Waals surface area contributed by atoms with Crippen LogP contribution < -0.4 is 10.9 Å². The molecule has 1 heterocycles. The minimum absolute atomic E-state index is 0.0251. The first-order valence-corrected chi connectivity index (χ1v) is 8.99. The molecular weight excluding hydrogens is 330 g/mol. The van der Waals surface area contributed by atoms with Crippen LogP contribution in [-0.2, 0) is 6.54 Å². The standard InChI is InChI=1S/C16H24BrN3O/c1-2-3-8-20-16(21)15(17)14(10-19-20)18-9-13(11-4-5-11)12-6-7-12/h10-13,18H,2-9H2,1H3. The summed E-state index contributed by atoms with van der Waals surface area (Å²) in [6.45, 7) is 3.79. The maximum Gasteiger partial charge on any atom is 0.283 e. The number of hydrogen-bond acceptors (Lipinski definition) is 3. The van der Waals surface area contributed by atoms with Crippen molar-refractivity contribution in [3.63, 3.8) is 0 Å². The van der Waals surface area contributed by atoms with Crippen LogP contribution in [0.5, 0.6) is 0 Å². The van der Waals surface area contributed by atoms with Crippen molar-refractivity contribution in [3.8, 4) is 0 Å². The zero-order chi connectivity index (χ0) is 14.8. The van der Waals surface area contributed by atoms with Crippen molar-refractivity contribution in [3.05, 3.63) is 21.0 Å². The summed E-state index contributed by atoms with van der Waals surface area (Å²) < 4.78 is 2.18. The molecule has 2 aliphatic carbocycles. The van der Waals surface area contributed by atoms with Crippen LogP contribution in [0.25, 0.3) is 0 Å². The topological polar surface area (TPSA) is 46.9 Å². The van der Waals surface area contributed by atoms with Gasteiger partial charge in [-0.05, 0) is 65.8 Å². The van der Waals surface area contributed by atoms with E-state index >= 15 is 0 Å². The van der Waals surface area contributed by atoms with Gasteiger partial charge in [0.15, 0.2) is 0 Å². The quantitative estimate of drug-likeness (QED) is 0.775. The molecule has 2 aliphatic rings. The predicted molar refractivity (Wildman–Crippen MR) is 88.5 cm³/mol. The number of rotatable bonds is 8. The second kappa shape index (κ2) is 6.51. The molecule has 1 aromatic rings. The lowest BCUT2D eigenvalue weighted by Gasteiger charge is -2.17. The van der Waals surface area contributed by atoms with Gasteiger partial charge >= 0.3 is 0 Å². The lowest BCUT2D eigenvalue weighted by Crippen LogP contribution is -2.26. The SMILES string of the molecule is CCCCn1ncc(NCC(C2CC2)C2CC2)c(Br)c1=O. The molecule has 1 aromatic heterocycles. The number of halogens is 1. The second-order valence-electron chi connectivity index (χ2n) is 6.47. The largest absolute Gasteiger partial charge is 0.382 e. The van der Waals surface area contributed by atoms with Gasteiger partial charge in [-0.25, -0.2) is 4.68 Å². The smallest absolute Gasteiger partial charge is 0.283 e. The van der Waals surface area contributed by atoms with Gasteiger partial charge < -0.3 is 5.32 Å². The molecule has 0 amide bonds. The summed E-state index contributed by atoms with van der Waals surface area (Å²) in [7, 11) is 0. The Morgan fingerprint density at radius 2 is 2.05 bits per heavy atom. The van der Waals surface area contributed by atoms with Crippen LogP contribution in [-0.4, -0.2) is 16.3 Å². The molecule has 21 heavy (non-hydrogen) atoms. The van der Waals surface area contributed by atoms with Crippen molar-refractivity contribution in [1.29, 1.82) is 0 Å². The number of anilines is 1. The zero-order valence-electron chi connectivity index (χ0n) is 12.6. The number of nitrogens with one attached hydrogen (secondary N) is 1. The van der Waals surface area contributed by atoms with Crippen molar-refractivity contribution in [1.82, 2.24) is 9.78 Å². The minimum Gasteiger partial charge on any atom is -0.382 e. The summed E-state index contributed by atoms with van der Waals surface area (Å²) in [6.07, 6.45) is 9.40. The number of aromatic nitrogens is 2.